The van der Waals surface area contributed by atoms with Gasteiger partial charge in [0.2, 0.25) is 0 Å². The van der Waals surface area contributed by atoms with Gasteiger partial charge in [0.05, 0.1) is 11.9 Å². The summed E-state index contributed by atoms with van der Waals surface area (Å²) in [4.78, 5) is 4.33. The summed E-state index contributed by atoms with van der Waals surface area (Å²) in [5.41, 5.74) is 4.51. The number of hydrogen-bond acceptors (Lipinski definition) is 1. The predicted octanol–water partition coefficient (Wildman–Crippen LogP) is 3.85. The summed E-state index contributed by atoms with van der Waals surface area (Å²) in [6.07, 6.45) is 3.74. The third-order valence-corrected chi connectivity index (χ3v) is 2.01. The first kappa shape index (κ1) is 10.7. The van der Waals surface area contributed by atoms with Crippen LogP contribution >= 0.6 is 0 Å². The number of aryl methyl sites for hydroxylation is 2. The van der Waals surface area contributed by atoms with Gasteiger partial charge in [0.25, 0.3) is 0 Å². The Balaban J connectivity index is 2.85. The van der Waals surface area contributed by atoms with Gasteiger partial charge in [-0.25, -0.2) is 0 Å². The summed E-state index contributed by atoms with van der Waals surface area (Å²) in [5.74, 6) is 0. The molecule has 73 valence electrons. The molecule has 1 aromatic rings. The molecule has 1 aromatic carbocycles. The van der Waals surface area contributed by atoms with Crippen LogP contribution in [0.3, 0.4) is 0 Å². The van der Waals surface area contributed by atoms with Gasteiger partial charge in [-0.1, -0.05) is 30.4 Å². The molecule has 0 saturated carbocycles. The van der Waals surface area contributed by atoms with Crippen molar-refractivity contribution in [3.8, 4) is 0 Å². The van der Waals surface area contributed by atoms with Crippen molar-refractivity contribution in [1.82, 2.24) is 0 Å². The second-order valence-corrected chi connectivity index (χ2v) is 3.64. The number of para-hydroxylation sites is 1. The molecule has 0 spiro atoms. The Morgan fingerprint density at radius 3 is 2.43 bits per heavy atom. The minimum absolute atomic E-state index is 0.730. The quantitative estimate of drug-likeness (QED) is 0.502. The largest absolute Gasteiger partial charge is 0.251 e. The van der Waals surface area contributed by atoms with E-state index in [0.29, 0.717) is 0 Å². The molecule has 0 aromatic heterocycles. The van der Waals surface area contributed by atoms with Crippen molar-refractivity contribution >= 4 is 11.9 Å². The van der Waals surface area contributed by atoms with Crippen LogP contribution in [-0.4, -0.2) is 6.21 Å². The van der Waals surface area contributed by atoms with E-state index in [-0.39, 0.29) is 0 Å². The number of allylic oxidation sites excluding steroid dienone is 1. The molecule has 0 unspecified atom stereocenters. The Kier molecular flexibility index (Phi) is 3.63. The highest BCUT2D eigenvalue weighted by Gasteiger charge is 1.97. The fraction of sp³-hybridized carbons (Fsp3) is 0.308. The van der Waals surface area contributed by atoms with Gasteiger partial charge in [0, 0.05) is 6.42 Å². The van der Waals surface area contributed by atoms with Crippen molar-refractivity contribution in [3.05, 3.63) is 41.5 Å². The first-order chi connectivity index (χ1) is 6.61. The van der Waals surface area contributed by atoms with Crippen molar-refractivity contribution < 1.29 is 0 Å². The Hall–Kier alpha value is -1.37. The van der Waals surface area contributed by atoms with Crippen molar-refractivity contribution in [2.75, 3.05) is 0 Å². The molecule has 1 nitrogen and oxygen atoms in total. The number of aliphatic imine (C=N–C) groups is 1. The zero-order valence-electron chi connectivity index (χ0n) is 9.09. The van der Waals surface area contributed by atoms with Gasteiger partial charge < -0.3 is 0 Å². The smallest absolute Gasteiger partial charge is 0.0692 e. The lowest BCUT2D eigenvalue weighted by atomic mass is 10.1. The maximum Gasteiger partial charge on any atom is 0.0692 e. The predicted molar refractivity (Wildman–Crippen MR) is 62.4 cm³/mol. The number of rotatable bonds is 3. The Bertz CT molecular complexity index is 341. The lowest BCUT2D eigenvalue weighted by Crippen LogP contribution is -1.81. The second-order valence-electron chi connectivity index (χ2n) is 3.64. The third kappa shape index (κ3) is 2.84. The Morgan fingerprint density at radius 1 is 1.36 bits per heavy atom. The average molecular weight is 186 g/mol. The lowest BCUT2D eigenvalue weighted by molar-refractivity contribution is 1.28. The van der Waals surface area contributed by atoms with Crippen LogP contribution in [0.1, 0.15) is 24.5 Å². The number of nitrogens with zero attached hydrogens (tertiary/aromatic N) is 1. The van der Waals surface area contributed by atoms with Gasteiger partial charge in [-0.2, -0.15) is 0 Å². The number of benzene rings is 1. The fourth-order valence-electron chi connectivity index (χ4n) is 1.24. The van der Waals surface area contributed by atoms with Gasteiger partial charge >= 0.3 is 0 Å². The lowest BCUT2D eigenvalue weighted by Gasteiger charge is -2.02. The molecule has 0 amide bonds. The van der Waals surface area contributed by atoms with E-state index >= 15 is 0 Å². The number of hydrogen-bond donors (Lipinski definition) is 0. The third-order valence-electron chi connectivity index (χ3n) is 2.01. The molecule has 1 radical (unpaired) electrons. The monoisotopic (exact) mass is 186 g/mol. The van der Waals surface area contributed by atoms with Gasteiger partial charge in [-0.05, 0) is 31.9 Å². The van der Waals surface area contributed by atoms with Crippen molar-refractivity contribution in [2.24, 2.45) is 4.99 Å². The SMILES string of the molecule is C=C(C)C[C]=Nc1c(C)cccc1C. The molecule has 14 heavy (non-hydrogen) atoms. The van der Waals surface area contributed by atoms with E-state index in [1.807, 2.05) is 13.0 Å². The molecule has 1 heteroatoms. The van der Waals surface area contributed by atoms with Gasteiger partial charge in [-0.3, -0.25) is 4.99 Å². The molecule has 0 aliphatic carbocycles. The standard InChI is InChI=1S/C13H16N/c1-10(2)8-9-14-13-11(3)6-5-7-12(13)4/h5-7H,1,8H2,2-4H3. The first-order valence-corrected chi connectivity index (χ1v) is 4.75. The summed E-state index contributed by atoms with van der Waals surface area (Å²) in [5, 5.41) is 0. The average Bonchev–Trinajstić information content (AvgIpc) is 2.09. The summed E-state index contributed by atoms with van der Waals surface area (Å²) < 4.78 is 0. The van der Waals surface area contributed by atoms with Crippen molar-refractivity contribution in [3.63, 3.8) is 0 Å². The van der Waals surface area contributed by atoms with Crippen LogP contribution in [0, 0.1) is 13.8 Å². The molecule has 0 fully saturated rings. The molecule has 0 N–H and O–H groups in total. The van der Waals surface area contributed by atoms with E-state index < -0.39 is 0 Å². The van der Waals surface area contributed by atoms with Crippen LogP contribution in [0.25, 0.3) is 0 Å². The van der Waals surface area contributed by atoms with Crippen molar-refractivity contribution in [1.29, 1.82) is 0 Å². The maximum atomic E-state index is 4.33. The van der Waals surface area contributed by atoms with Gasteiger partial charge in [0.1, 0.15) is 0 Å². The highest BCUT2D eigenvalue weighted by atomic mass is 14.7. The minimum atomic E-state index is 0.730. The molecule has 0 heterocycles. The van der Waals surface area contributed by atoms with E-state index in [4.69, 9.17) is 0 Å². The summed E-state index contributed by atoms with van der Waals surface area (Å²) in [7, 11) is 0. The van der Waals surface area contributed by atoms with Crippen LogP contribution in [-0.2, 0) is 0 Å². The highest BCUT2D eigenvalue weighted by Crippen LogP contribution is 2.22. The van der Waals surface area contributed by atoms with E-state index in [1.54, 1.807) is 0 Å². The summed E-state index contributed by atoms with van der Waals surface area (Å²) in [6, 6.07) is 6.17. The topological polar surface area (TPSA) is 12.4 Å². The van der Waals surface area contributed by atoms with Gasteiger partial charge in [0.15, 0.2) is 0 Å². The van der Waals surface area contributed by atoms with Crippen LogP contribution in [0.4, 0.5) is 5.69 Å². The first-order valence-electron chi connectivity index (χ1n) is 4.75. The normalized spacial score (nSPS) is 10.8. The van der Waals surface area contributed by atoms with Crippen molar-refractivity contribution in [2.45, 2.75) is 27.2 Å². The van der Waals surface area contributed by atoms with Crippen LogP contribution in [0.15, 0.2) is 35.3 Å². The second kappa shape index (κ2) is 4.75. The van der Waals surface area contributed by atoms with Crippen LogP contribution in [0.5, 0.6) is 0 Å². The minimum Gasteiger partial charge on any atom is -0.251 e. The van der Waals surface area contributed by atoms with Crippen LogP contribution < -0.4 is 0 Å². The molecule has 0 saturated heterocycles. The van der Waals surface area contributed by atoms with E-state index in [1.165, 1.54) is 11.1 Å². The van der Waals surface area contributed by atoms with E-state index in [9.17, 15) is 0 Å². The summed E-state index contributed by atoms with van der Waals surface area (Å²) in [6.45, 7) is 9.92. The molecular formula is C13H16N. The molecule has 0 bridgehead atoms. The van der Waals surface area contributed by atoms with Crippen LogP contribution in [0.2, 0.25) is 0 Å². The molecule has 1 rings (SSSR count). The fourth-order valence-corrected chi connectivity index (χ4v) is 1.24. The molecule has 0 aliphatic rings. The Labute approximate surface area is 86.2 Å². The van der Waals surface area contributed by atoms with Gasteiger partial charge in [-0.15, -0.1) is 0 Å². The maximum absolute atomic E-state index is 4.33. The summed E-state index contributed by atoms with van der Waals surface area (Å²) >= 11 is 0. The van der Waals surface area contributed by atoms with E-state index in [0.717, 1.165) is 17.7 Å². The molecule has 0 aliphatic heterocycles. The molecule has 0 atom stereocenters. The Morgan fingerprint density at radius 2 is 1.93 bits per heavy atom. The highest BCUT2D eigenvalue weighted by molar-refractivity contribution is 5.68. The molecular weight excluding hydrogens is 170 g/mol. The zero-order valence-corrected chi connectivity index (χ0v) is 9.09. The zero-order chi connectivity index (χ0) is 10.6. The van der Waals surface area contributed by atoms with E-state index in [2.05, 4.69) is 43.8 Å².